The van der Waals surface area contributed by atoms with Crippen LogP contribution in [0.4, 0.5) is 11.4 Å². The molecule has 4 rings (SSSR count). The largest absolute Gasteiger partial charge is 0.493 e. The van der Waals surface area contributed by atoms with E-state index in [4.69, 9.17) is 9.47 Å². The van der Waals surface area contributed by atoms with Crippen LogP contribution in [-0.4, -0.2) is 34.9 Å². The number of ether oxygens (including phenoxy) is 2. The number of carbonyl (C=O) groups is 2. The topological polar surface area (TPSA) is 104 Å². The molecule has 0 fully saturated rings. The molecule has 184 valence electrons. The summed E-state index contributed by atoms with van der Waals surface area (Å²) in [6.07, 6.45) is 0. The van der Waals surface area contributed by atoms with Crippen LogP contribution in [0.25, 0.3) is 5.69 Å². The minimum absolute atomic E-state index is 0.186. The van der Waals surface area contributed by atoms with Gasteiger partial charge in [-0.25, -0.2) is 4.68 Å². The third-order valence-corrected chi connectivity index (χ3v) is 5.63. The molecule has 0 saturated heterocycles. The first kappa shape index (κ1) is 24.3. The number of para-hydroxylation sites is 3. The molecule has 2 N–H and O–H groups in total. The number of carbonyl (C=O) groups excluding carboxylic acids is 2. The summed E-state index contributed by atoms with van der Waals surface area (Å²) < 4.78 is 13.9. The standard InChI is InChI=1S/C27H26N4O5/c1-18-25(27(34)31(30(18)2)21-12-5-4-6-13-21)29-26(33)19-10-9-11-20(16-19)28-24(32)17-36-23-15-8-7-14-22(23)35-3/h4-16H,17H2,1-3H3,(H,28,32)(H,29,33). The molecule has 0 aliphatic heterocycles. The molecule has 1 aromatic heterocycles. The van der Waals surface area contributed by atoms with Crippen LogP contribution in [0.15, 0.2) is 83.7 Å². The number of amides is 2. The zero-order chi connectivity index (χ0) is 25.7. The minimum atomic E-state index is -0.470. The molecule has 0 radical (unpaired) electrons. The fraction of sp³-hybridized carbons (Fsp3) is 0.148. The van der Waals surface area contributed by atoms with Crippen molar-refractivity contribution >= 4 is 23.2 Å². The molecule has 0 aliphatic rings. The number of benzene rings is 3. The molecule has 0 unspecified atom stereocenters. The highest BCUT2D eigenvalue weighted by atomic mass is 16.5. The van der Waals surface area contributed by atoms with Crippen molar-refractivity contribution in [3.63, 3.8) is 0 Å². The predicted octanol–water partition coefficient (Wildman–Crippen LogP) is 3.76. The summed E-state index contributed by atoms with van der Waals surface area (Å²) in [7, 11) is 3.27. The Morgan fingerprint density at radius 2 is 1.58 bits per heavy atom. The lowest BCUT2D eigenvalue weighted by Crippen LogP contribution is -2.23. The Kier molecular flexibility index (Phi) is 7.20. The lowest BCUT2D eigenvalue weighted by molar-refractivity contribution is -0.118. The Labute approximate surface area is 207 Å². The van der Waals surface area contributed by atoms with E-state index in [1.807, 2.05) is 30.3 Å². The Hall–Kier alpha value is -4.79. The van der Waals surface area contributed by atoms with Gasteiger partial charge in [0.2, 0.25) is 0 Å². The first-order valence-corrected chi connectivity index (χ1v) is 11.2. The monoisotopic (exact) mass is 486 g/mol. The maximum absolute atomic E-state index is 13.1. The van der Waals surface area contributed by atoms with Crippen molar-refractivity contribution in [2.24, 2.45) is 7.05 Å². The number of hydrogen-bond donors (Lipinski definition) is 2. The molecule has 9 heteroatoms. The van der Waals surface area contributed by atoms with Crippen LogP contribution in [0.1, 0.15) is 16.1 Å². The van der Waals surface area contributed by atoms with E-state index in [0.717, 1.165) is 0 Å². The van der Waals surface area contributed by atoms with Gasteiger partial charge in [0.1, 0.15) is 5.69 Å². The average molecular weight is 487 g/mol. The van der Waals surface area contributed by atoms with E-state index < -0.39 is 11.8 Å². The second-order valence-electron chi connectivity index (χ2n) is 7.96. The predicted molar refractivity (Wildman–Crippen MR) is 137 cm³/mol. The molecule has 0 saturated carbocycles. The number of hydrogen-bond acceptors (Lipinski definition) is 5. The SMILES string of the molecule is COc1ccccc1OCC(=O)Nc1cccc(C(=O)Nc2c(C)n(C)n(-c3ccccc3)c2=O)c1. The fourth-order valence-electron chi connectivity index (χ4n) is 3.71. The highest BCUT2D eigenvalue weighted by molar-refractivity contribution is 6.05. The van der Waals surface area contributed by atoms with Crippen molar-refractivity contribution in [3.05, 3.63) is 100 Å². The first-order valence-electron chi connectivity index (χ1n) is 11.2. The maximum atomic E-state index is 13.1. The van der Waals surface area contributed by atoms with Crippen molar-refractivity contribution in [2.75, 3.05) is 24.4 Å². The summed E-state index contributed by atoms with van der Waals surface area (Å²) in [6.45, 7) is 1.52. The second-order valence-corrected chi connectivity index (χ2v) is 7.96. The summed E-state index contributed by atoms with van der Waals surface area (Å²) in [5, 5.41) is 5.43. The molecule has 36 heavy (non-hydrogen) atoms. The molecule has 0 bridgehead atoms. The average Bonchev–Trinajstić information content (AvgIpc) is 3.11. The van der Waals surface area contributed by atoms with E-state index in [0.29, 0.717) is 28.6 Å². The minimum Gasteiger partial charge on any atom is -0.493 e. The molecular formula is C27H26N4O5. The van der Waals surface area contributed by atoms with Crippen LogP contribution in [0.3, 0.4) is 0 Å². The molecule has 0 atom stereocenters. The van der Waals surface area contributed by atoms with Gasteiger partial charge in [-0.1, -0.05) is 36.4 Å². The van der Waals surface area contributed by atoms with E-state index >= 15 is 0 Å². The van der Waals surface area contributed by atoms with Crippen molar-refractivity contribution in [3.8, 4) is 17.2 Å². The molecular weight excluding hydrogens is 460 g/mol. The van der Waals surface area contributed by atoms with Gasteiger partial charge in [-0.05, 0) is 49.4 Å². The summed E-state index contributed by atoms with van der Waals surface area (Å²) >= 11 is 0. The van der Waals surface area contributed by atoms with Crippen LogP contribution in [0, 0.1) is 6.92 Å². The van der Waals surface area contributed by atoms with Gasteiger partial charge in [0, 0.05) is 18.3 Å². The Bertz CT molecular complexity index is 1460. The summed E-state index contributed by atoms with van der Waals surface area (Å²) in [6, 6.07) is 22.6. The number of anilines is 2. The third kappa shape index (κ3) is 5.15. The van der Waals surface area contributed by atoms with Crippen LogP contribution < -0.4 is 25.7 Å². The van der Waals surface area contributed by atoms with E-state index in [9.17, 15) is 14.4 Å². The molecule has 1 heterocycles. The highest BCUT2D eigenvalue weighted by Gasteiger charge is 2.19. The van der Waals surface area contributed by atoms with Gasteiger partial charge < -0.3 is 20.1 Å². The Balaban J connectivity index is 1.46. The number of rotatable bonds is 8. The molecule has 2 amide bonds. The van der Waals surface area contributed by atoms with Crippen molar-refractivity contribution < 1.29 is 19.1 Å². The molecule has 3 aromatic carbocycles. The van der Waals surface area contributed by atoms with Crippen LogP contribution in [0.2, 0.25) is 0 Å². The third-order valence-electron chi connectivity index (χ3n) is 5.63. The van der Waals surface area contributed by atoms with Gasteiger partial charge in [0.25, 0.3) is 17.4 Å². The van der Waals surface area contributed by atoms with Gasteiger partial charge in [-0.3, -0.25) is 19.1 Å². The number of nitrogens with zero attached hydrogens (tertiary/aromatic N) is 2. The number of aromatic nitrogens is 2. The van der Waals surface area contributed by atoms with Gasteiger partial charge in [-0.15, -0.1) is 0 Å². The molecule has 9 nitrogen and oxygen atoms in total. The maximum Gasteiger partial charge on any atom is 0.295 e. The van der Waals surface area contributed by atoms with Crippen molar-refractivity contribution in [1.82, 2.24) is 9.36 Å². The lowest BCUT2D eigenvalue weighted by atomic mass is 10.2. The Morgan fingerprint density at radius 3 is 2.31 bits per heavy atom. The second kappa shape index (κ2) is 10.6. The van der Waals surface area contributed by atoms with E-state index in [-0.39, 0.29) is 23.4 Å². The lowest BCUT2D eigenvalue weighted by Gasteiger charge is -2.11. The van der Waals surface area contributed by atoms with Gasteiger partial charge in [0.15, 0.2) is 18.1 Å². The van der Waals surface area contributed by atoms with Crippen LogP contribution in [-0.2, 0) is 11.8 Å². The van der Waals surface area contributed by atoms with Crippen LogP contribution in [0.5, 0.6) is 11.5 Å². The molecule has 4 aromatic rings. The zero-order valence-corrected chi connectivity index (χ0v) is 20.1. The smallest absolute Gasteiger partial charge is 0.295 e. The van der Waals surface area contributed by atoms with E-state index in [2.05, 4.69) is 10.6 Å². The van der Waals surface area contributed by atoms with Crippen LogP contribution >= 0.6 is 0 Å². The van der Waals surface area contributed by atoms with Gasteiger partial charge in [0.05, 0.1) is 18.5 Å². The quantitative estimate of drug-likeness (QED) is 0.395. The number of methoxy groups -OCH3 is 1. The first-order chi connectivity index (χ1) is 17.4. The zero-order valence-electron chi connectivity index (χ0n) is 20.1. The summed E-state index contributed by atoms with van der Waals surface area (Å²) in [5.41, 5.74) is 1.84. The summed E-state index contributed by atoms with van der Waals surface area (Å²) in [4.78, 5) is 38.4. The molecule has 0 aliphatic carbocycles. The van der Waals surface area contributed by atoms with Crippen molar-refractivity contribution in [1.29, 1.82) is 0 Å². The van der Waals surface area contributed by atoms with Crippen molar-refractivity contribution in [2.45, 2.75) is 6.92 Å². The number of nitrogens with one attached hydrogen (secondary N) is 2. The fourth-order valence-corrected chi connectivity index (χ4v) is 3.71. The van der Waals surface area contributed by atoms with Gasteiger partial charge >= 0.3 is 0 Å². The molecule has 0 spiro atoms. The highest BCUT2D eigenvalue weighted by Crippen LogP contribution is 2.25. The Morgan fingerprint density at radius 1 is 0.889 bits per heavy atom. The van der Waals surface area contributed by atoms with Gasteiger partial charge in [-0.2, -0.15) is 0 Å². The van der Waals surface area contributed by atoms with E-state index in [1.165, 1.54) is 17.9 Å². The summed E-state index contributed by atoms with van der Waals surface area (Å²) in [5.74, 6) is 0.0969. The normalized spacial score (nSPS) is 10.5. The van der Waals surface area contributed by atoms with E-state index in [1.54, 1.807) is 61.1 Å².